The van der Waals surface area contributed by atoms with Crippen LogP contribution in [0.15, 0.2) is 54.6 Å². The molecule has 2 saturated carbocycles. The fraction of sp³-hybridized carbons (Fsp3) is 0.562. The van der Waals surface area contributed by atoms with Crippen molar-refractivity contribution in [3.63, 3.8) is 0 Å². The molecule has 2 aromatic rings. The Morgan fingerprint density at radius 2 is 1.44 bits per heavy atom. The first-order valence-corrected chi connectivity index (χ1v) is 13.7. The standard InChI is InChI=1S/C32H42F2/c1-3-4-6-9-24-12-14-26(15-13-24)27-16-18-28(19-17-27)29-21-31(33)30(32(34)22-29)20-23(2)25-10-7-5-8-11-25/h3-5,7-8,10-11,21-24,26-28H,6,9,12-20H2,1-2H3/b4-3+/t23-,24?,26?,27?,28?/m1/s1. The van der Waals surface area contributed by atoms with Gasteiger partial charge in [-0.25, -0.2) is 8.78 Å². The Labute approximate surface area is 205 Å². The van der Waals surface area contributed by atoms with Gasteiger partial charge >= 0.3 is 0 Å². The van der Waals surface area contributed by atoms with E-state index in [0.29, 0.717) is 12.3 Å². The average Bonchev–Trinajstić information content (AvgIpc) is 2.87. The Morgan fingerprint density at radius 1 is 0.853 bits per heavy atom. The fourth-order valence-electron chi connectivity index (χ4n) is 6.63. The zero-order chi connectivity index (χ0) is 23.9. The van der Waals surface area contributed by atoms with Gasteiger partial charge in [-0.1, -0.05) is 62.2 Å². The van der Waals surface area contributed by atoms with Crippen molar-refractivity contribution in [1.29, 1.82) is 0 Å². The molecule has 0 aromatic heterocycles. The molecule has 2 aromatic carbocycles. The van der Waals surface area contributed by atoms with Crippen LogP contribution in [-0.4, -0.2) is 0 Å². The Hall–Kier alpha value is -1.96. The molecule has 0 nitrogen and oxygen atoms in total. The Kier molecular flexibility index (Phi) is 8.98. The molecule has 0 bridgehead atoms. The Morgan fingerprint density at radius 3 is 2.03 bits per heavy atom. The Balaban J connectivity index is 1.30. The second kappa shape index (κ2) is 12.1. The maximum Gasteiger partial charge on any atom is 0.129 e. The molecule has 1 atom stereocenters. The summed E-state index contributed by atoms with van der Waals surface area (Å²) in [5.41, 5.74) is 2.23. The van der Waals surface area contributed by atoms with Crippen LogP contribution >= 0.6 is 0 Å². The molecule has 0 aliphatic heterocycles. The molecule has 2 fully saturated rings. The van der Waals surface area contributed by atoms with Crippen LogP contribution in [0.4, 0.5) is 8.78 Å². The van der Waals surface area contributed by atoms with Gasteiger partial charge in [-0.3, -0.25) is 0 Å². The van der Waals surface area contributed by atoms with E-state index in [0.717, 1.165) is 41.7 Å². The molecule has 2 aliphatic rings. The molecular formula is C32H42F2. The minimum atomic E-state index is -0.365. The topological polar surface area (TPSA) is 0 Å². The van der Waals surface area contributed by atoms with E-state index >= 15 is 8.78 Å². The molecule has 0 radical (unpaired) electrons. The third-order valence-electron chi connectivity index (χ3n) is 8.82. The van der Waals surface area contributed by atoms with Gasteiger partial charge in [-0.15, -0.1) is 0 Å². The van der Waals surface area contributed by atoms with E-state index in [9.17, 15) is 0 Å². The number of halogens is 2. The predicted octanol–water partition coefficient (Wildman–Crippen LogP) is 9.75. The number of rotatable bonds is 8. The molecule has 2 aliphatic carbocycles. The maximum absolute atomic E-state index is 15.0. The second-order valence-electron chi connectivity index (χ2n) is 11.0. The minimum Gasteiger partial charge on any atom is -0.207 e. The lowest BCUT2D eigenvalue weighted by atomic mass is 9.68. The summed E-state index contributed by atoms with van der Waals surface area (Å²) in [5.74, 6) is 2.26. The molecule has 184 valence electrons. The van der Waals surface area contributed by atoms with Crippen LogP contribution in [0, 0.1) is 29.4 Å². The van der Waals surface area contributed by atoms with E-state index in [1.807, 2.05) is 37.3 Å². The van der Waals surface area contributed by atoms with Crippen LogP contribution in [0.25, 0.3) is 0 Å². The van der Waals surface area contributed by atoms with Crippen LogP contribution in [-0.2, 0) is 6.42 Å². The van der Waals surface area contributed by atoms with Crippen molar-refractivity contribution in [3.8, 4) is 0 Å². The van der Waals surface area contributed by atoms with Crippen LogP contribution in [0.3, 0.4) is 0 Å². The molecular weight excluding hydrogens is 422 g/mol. The Bertz CT molecular complexity index is 892. The first-order chi connectivity index (χ1) is 16.5. The molecule has 0 saturated heterocycles. The van der Waals surface area contributed by atoms with E-state index in [1.54, 1.807) is 12.1 Å². The van der Waals surface area contributed by atoms with E-state index in [4.69, 9.17) is 0 Å². The smallest absolute Gasteiger partial charge is 0.129 e. The van der Waals surface area contributed by atoms with Gasteiger partial charge in [0.05, 0.1) is 0 Å². The van der Waals surface area contributed by atoms with Gasteiger partial charge in [0.1, 0.15) is 11.6 Å². The highest BCUT2D eigenvalue weighted by Gasteiger charge is 2.31. The van der Waals surface area contributed by atoms with Gasteiger partial charge in [-0.2, -0.15) is 0 Å². The summed E-state index contributed by atoms with van der Waals surface area (Å²) in [7, 11) is 0. The normalized spacial score (nSPS) is 26.6. The summed E-state index contributed by atoms with van der Waals surface area (Å²) in [4.78, 5) is 0. The number of allylic oxidation sites excluding steroid dienone is 2. The van der Waals surface area contributed by atoms with Crippen molar-refractivity contribution in [2.75, 3.05) is 0 Å². The quantitative estimate of drug-likeness (QED) is 0.341. The maximum atomic E-state index is 15.0. The summed E-state index contributed by atoms with van der Waals surface area (Å²) in [6, 6.07) is 13.3. The molecule has 0 amide bonds. The van der Waals surface area contributed by atoms with Crippen molar-refractivity contribution in [2.24, 2.45) is 17.8 Å². The minimum absolute atomic E-state index is 0.0877. The number of hydrogen-bond acceptors (Lipinski definition) is 0. The average molecular weight is 465 g/mol. The predicted molar refractivity (Wildman–Crippen MR) is 139 cm³/mol. The van der Waals surface area contributed by atoms with Crippen LogP contribution in [0.5, 0.6) is 0 Å². The van der Waals surface area contributed by atoms with Crippen LogP contribution in [0.1, 0.15) is 107 Å². The SMILES string of the molecule is C/C=C/CCC1CCC(C2CCC(c3cc(F)c(C[C@@H](C)c4ccccc4)c(F)c3)CC2)CC1. The van der Waals surface area contributed by atoms with Gasteiger partial charge < -0.3 is 0 Å². The zero-order valence-corrected chi connectivity index (χ0v) is 21.1. The van der Waals surface area contributed by atoms with E-state index < -0.39 is 0 Å². The van der Waals surface area contributed by atoms with Crippen molar-refractivity contribution in [3.05, 3.63) is 82.9 Å². The number of hydrogen-bond donors (Lipinski definition) is 0. The van der Waals surface area contributed by atoms with E-state index in [-0.39, 0.29) is 23.1 Å². The zero-order valence-electron chi connectivity index (χ0n) is 21.1. The van der Waals surface area contributed by atoms with Gasteiger partial charge in [0.15, 0.2) is 0 Å². The monoisotopic (exact) mass is 464 g/mol. The highest BCUT2D eigenvalue weighted by Crippen LogP contribution is 2.45. The van der Waals surface area contributed by atoms with Crippen molar-refractivity contribution in [2.45, 2.75) is 96.3 Å². The lowest BCUT2D eigenvalue weighted by Crippen LogP contribution is -2.25. The summed E-state index contributed by atoms with van der Waals surface area (Å²) < 4.78 is 30.0. The summed E-state index contributed by atoms with van der Waals surface area (Å²) in [5, 5.41) is 0. The first-order valence-electron chi connectivity index (χ1n) is 13.7. The molecule has 0 spiro atoms. The highest BCUT2D eigenvalue weighted by atomic mass is 19.1. The number of benzene rings is 2. The summed E-state index contributed by atoms with van der Waals surface area (Å²) in [6.45, 7) is 4.15. The lowest BCUT2D eigenvalue weighted by Gasteiger charge is -2.38. The van der Waals surface area contributed by atoms with Crippen molar-refractivity contribution < 1.29 is 8.78 Å². The van der Waals surface area contributed by atoms with E-state index in [2.05, 4.69) is 19.1 Å². The molecule has 4 rings (SSSR count). The molecule has 0 heterocycles. The lowest BCUT2D eigenvalue weighted by molar-refractivity contribution is 0.157. The molecule has 2 heteroatoms. The van der Waals surface area contributed by atoms with Gasteiger partial charge in [0.25, 0.3) is 0 Å². The largest absolute Gasteiger partial charge is 0.207 e. The fourth-order valence-corrected chi connectivity index (χ4v) is 6.63. The van der Waals surface area contributed by atoms with Gasteiger partial charge in [0.2, 0.25) is 0 Å². The second-order valence-corrected chi connectivity index (χ2v) is 11.0. The van der Waals surface area contributed by atoms with Crippen LogP contribution < -0.4 is 0 Å². The molecule has 34 heavy (non-hydrogen) atoms. The van der Waals surface area contributed by atoms with Crippen molar-refractivity contribution in [1.82, 2.24) is 0 Å². The van der Waals surface area contributed by atoms with Gasteiger partial charge in [-0.05, 0) is 118 Å². The first kappa shape index (κ1) is 25.1. The summed E-state index contributed by atoms with van der Waals surface area (Å²) in [6.07, 6.45) is 17.6. The third-order valence-corrected chi connectivity index (χ3v) is 8.82. The van der Waals surface area contributed by atoms with Crippen molar-refractivity contribution >= 4 is 0 Å². The third kappa shape index (κ3) is 6.37. The van der Waals surface area contributed by atoms with E-state index in [1.165, 1.54) is 51.4 Å². The molecule has 0 unspecified atom stereocenters. The van der Waals surface area contributed by atoms with Gasteiger partial charge in [0, 0.05) is 5.56 Å². The highest BCUT2D eigenvalue weighted by molar-refractivity contribution is 5.31. The van der Waals surface area contributed by atoms with Crippen LogP contribution in [0.2, 0.25) is 0 Å². The molecule has 0 N–H and O–H groups in total. The summed E-state index contributed by atoms with van der Waals surface area (Å²) >= 11 is 0.